The van der Waals surface area contributed by atoms with E-state index in [1.165, 1.54) is 0 Å². The third-order valence-corrected chi connectivity index (χ3v) is 5.05. The van der Waals surface area contributed by atoms with E-state index in [1.807, 2.05) is 0 Å². The van der Waals surface area contributed by atoms with Crippen molar-refractivity contribution in [2.24, 2.45) is 0 Å². The van der Waals surface area contributed by atoms with Gasteiger partial charge in [-0.15, -0.1) is 0 Å². The fourth-order valence-electron chi connectivity index (χ4n) is 3.85. The van der Waals surface area contributed by atoms with Gasteiger partial charge in [0.25, 0.3) is 5.56 Å². The molecule has 1 aromatic heterocycles. The van der Waals surface area contributed by atoms with Crippen molar-refractivity contribution in [2.75, 3.05) is 13.2 Å². The van der Waals surface area contributed by atoms with Crippen LogP contribution >= 0.6 is 0 Å². The summed E-state index contributed by atoms with van der Waals surface area (Å²) in [5, 5.41) is 0. The van der Waals surface area contributed by atoms with E-state index in [0.717, 1.165) is 35.1 Å². The molecule has 0 saturated heterocycles. The van der Waals surface area contributed by atoms with Crippen LogP contribution in [0.2, 0.25) is 0 Å². The summed E-state index contributed by atoms with van der Waals surface area (Å²) in [6.07, 6.45) is 0.417. The number of fused-ring (bicyclic) bond motifs is 1. The summed E-state index contributed by atoms with van der Waals surface area (Å²) in [4.78, 5) is 25.8. The first-order chi connectivity index (χ1) is 13.9. The quantitative estimate of drug-likeness (QED) is 0.713. The van der Waals surface area contributed by atoms with E-state index in [0.29, 0.717) is 31.9 Å². The molecule has 2 aromatic rings. The predicted molar refractivity (Wildman–Crippen MR) is 111 cm³/mol. The van der Waals surface area contributed by atoms with Crippen LogP contribution in [-0.4, -0.2) is 34.8 Å². The van der Waals surface area contributed by atoms with Gasteiger partial charge in [-0.25, -0.2) is 14.2 Å². The molecule has 0 fully saturated rings. The van der Waals surface area contributed by atoms with Crippen LogP contribution in [0.3, 0.4) is 0 Å². The molecule has 0 saturated carbocycles. The van der Waals surface area contributed by atoms with Crippen LogP contribution in [0.25, 0.3) is 11.1 Å². The van der Waals surface area contributed by atoms with Crippen molar-refractivity contribution in [2.45, 2.75) is 66.7 Å². The smallest absolute Gasteiger partial charge is 0.431 e. The van der Waals surface area contributed by atoms with E-state index < -0.39 is 6.16 Å². The number of nitrogens with zero attached hydrogens (tertiary/aromatic N) is 2. The summed E-state index contributed by atoms with van der Waals surface area (Å²) in [6, 6.07) is 4.20. The highest BCUT2D eigenvalue weighted by Gasteiger charge is 2.29. The van der Waals surface area contributed by atoms with Gasteiger partial charge in [0.05, 0.1) is 32.4 Å². The van der Waals surface area contributed by atoms with Gasteiger partial charge in [-0.3, -0.25) is 4.79 Å². The molecular formula is C22H30N2O5. The highest BCUT2D eigenvalue weighted by Crippen LogP contribution is 2.35. The third kappa shape index (κ3) is 4.24. The van der Waals surface area contributed by atoms with Crippen LogP contribution in [-0.2, 0) is 35.4 Å². The summed E-state index contributed by atoms with van der Waals surface area (Å²) in [5.74, 6) is 0.236. The summed E-state index contributed by atoms with van der Waals surface area (Å²) < 4.78 is 19.7. The lowest BCUT2D eigenvalue weighted by Gasteiger charge is -2.16. The van der Waals surface area contributed by atoms with Gasteiger partial charge in [0.1, 0.15) is 5.56 Å². The molecule has 7 nitrogen and oxygen atoms in total. The Kier molecular flexibility index (Phi) is 6.47. The number of carbonyl (C=O) groups is 1. The Morgan fingerprint density at radius 2 is 1.66 bits per heavy atom. The molecule has 1 aliphatic heterocycles. The minimum Gasteiger partial charge on any atom is -0.431 e. The van der Waals surface area contributed by atoms with Gasteiger partial charge in [-0.1, -0.05) is 31.5 Å². The van der Waals surface area contributed by atoms with E-state index in [2.05, 4.69) is 32.9 Å². The molecular weight excluding hydrogens is 372 g/mol. The molecule has 0 unspecified atom stereocenters. The maximum Gasteiger partial charge on any atom is 0.515 e. The number of benzene rings is 1. The topological polar surface area (TPSA) is 71.7 Å². The van der Waals surface area contributed by atoms with Crippen molar-refractivity contribution in [1.82, 2.24) is 9.36 Å². The molecule has 3 rings (SSSR count). The van der Waals surface area contributed by atoms with Crippen molar-refractivity contribution < 1.29 is 19.0 Å². The highest BCUT2D eigenvalue weighted by molar-refractivity contribution is 5.78. The maximum atomic E-state index is 13.5. The standard InChI is InChI=1S/C22H30N2O5/c1-6-16-12-15(5)13-17(7-2)18(16)19-20(25)23-8-10-27-11-9-24(23)21(19)29-22(26)28-14(3)4/h12-14H,6-11H2,1-5H3. The number of hydrogen-bond donors (Lipinski definition) is 0. The molecule has 0 radical (unpaired) electrons. The highest BCUT2D eigenvalue weighted by atomic mass is 16.7. The lowest BCUT2D eigenvalue weighted by molar-refractivity contribution is 0.0692. The zero-order valence-electron chi connectivity index (χ0n) is 17.9. The molecule has 0 amide bonds. The minimum absolute atomic E-state index is 0.170. The van der Waals surface area contributed by atoms with Gasteiger partial charge < -0.3 is 14.2 Å². The molecule has 7 heteroatoms. The molecule has 0 spiro atoms. The van der Waals surface area contributed by atoms with Gasteiger partial charge in [-0.05, 0) is 50.3 Å². The van der Waals surface area contributed by atoms with Crippen molar-refractivity contribution in [3.63, 3.8) is 0 Å². The van der Waals surface area contributed by atoms with Crippen LogP contribution < -0.4 is 10.3 Å². The van der Waals surface area contributed by atoms with Crippen LogP contribution in [0.15, 0.2) is 16.9 Å². The molecule has 0 aliphatic carbocycles. The van der Waals surface area contributed by atoms with Crippen molar-refractivity contribution >= 4 is 6.16 Å². The largest absolute Gasteiger partial charge is 0.515 e. The molecule has 1 aromatic carbocycles. The van der Waals surface area contributed by atoms with Crippen molar-refractivity contribution in [1.29, 1.82) is 0 Å². The lowest BCUT2D eigenvalue weighted by atomic mass is 9.91. The second kappa shape index (κ2) is 8.86. The maximum absolute atomic E-state index is 13.5. The van der Waals surface area contributed by atoms with Crippen LogP contribution in [0.1, 0.15) is 44.4 Å². The number of aryl methyl sites for hydroxylation is 3. The monoisotopic (exact) mass is 402 g/mol. The molecule has 2 heterocycles. The normalized spacial score (nSPS) is 13.9. The Balaban J connectivity index is 2.27. The third-order valence-electron chi connectivity index (χ3n) is 5.05. The second-order valence-electron chi connectivity index (χ2n) is 7.53. The summed E-state index contributed by atoms with van der Waals surface area (Å²) in [5.41, 5.74) is 4.42. The zero-order chi connectivity index (χ0) is 21.1. The van der Waals surface area contributed by atoms with Crippen molar-refractivity contribution in [3.8, 4) is 17.0 Å². The van der Waals surface area contributed by atoms with Crippen molar-refractivity contribution in [3.05, 3.63) is 39.2 Å². The number of carbonyl (C=O) groups excluding carboxylic acids is 1. The average molecular weight is 402 g/mol. The first-order valence-electron chi connectivity index (χ1n) is 10.3. The van der Waals surface area contributed by atoms with E-state index in [-0.39, 0.29) is 17.5 Å². The Labute approximate surface area is 171 Å². The van der Waals surface area contributed by atoms with Crippen LogP contribution in [0.4, 0.5) is 4.79 Å². The number of ether oxygens (including phenoxy) is 3. The molecule has 0 atom stereocenters. The van der Waals surface area contributed by atoms with E-state index in [4.69, 9.17) is 14.2 Å². The van der Waals surface area contributed by atoms with E-state index in [1.54, 1.807) is 23.2 Å². The summed E-state index contributed by atoms with van der Waals surface area (Å²) in [7, 11) is 0. The van der Waals surface area contributed by atoms with Gasteiger partial charge in [0.15, 0.2) is 0 Å². The lowest BCUT2D eigenvalue weighted by Crippen LogP contribution is -2.24. The van der Waals surface area contributed by atoms with Gasteiger partial charge in [0.2, 0.25) is 5.88 Å². The average Bonchev–Trinajstić information content (AvgIpc) is 2.83. The predicted octanol–water partition coefficient (Wildman–Crippen LogP) is 3.70. The summed E-state index contributed by atoms with van der Waals surface area (Å²) in [6.45, 7) is 11.4. The first kappa shape index (κ1) is 21.2. The molecule has 29 heavy (non-hydrogen) atoms. The Morgan fingerprint density at radius 1 is 1.07 bits per heavy atom. The van der Waals surface area contributed by atoms with Crippen LogP contribution in [0, 0.1) is 6.92 Å². The molecule has 1 aliphatic rings. The first-order valence-corrected chi connectivity index (χ1v) is 10.3. The van der Waals surface area contributed by atoms with E-state index in [9.17, 15) is 9.59 Å². The molecule has 158 valence electrons. The molecule has 0 N–H and O–H groups in total. The fraction of sp³-hybridized carbons (Fsp3) is 0.545. The minimum atomic E-state index is -0.810. The SMILES string of the molecule is CCc1cc(C)cc(CC)c1-c1c(OC(=O)OC(C)C)n2n(c1=O)CCOCC2. The number of hydrogen-bond acceptors (Lipinski definition) is 5. The fourth-order valence-corrected chi connectivity index (χ4v) is 3.85. The van der Waals surface area contributed by atoms with E-state index >= 15 is 0 Å². The summed E-state index contributed by atoms with van der Waals surface area (Å²) >= 11 is 0. The van der Waals surface area contributed by atoms with Gasteiger partial charge >= 0.3 is 6.16 Å². The number of rotatable bonds is 5. The van der Waals surface area contributed by atoms with Gasteiger partial charge in [-0.2, -0.15) is 0 Å². The Bertz CT molecular complexity index is 930. The Morgan fingerprint density at radius 3 is 2.21 bits per heavy atom. The number of aromatic nitrogens is 2. The van der Waals surface area contributed by atoms with Crippen LogP contribution in [0.5, 0.6) is 5.88 Å². The second-order valence-corrected chi connectivity index (χ2v) is 7.53. The van der Waals surface area contributed by atoms with Gasteiger partial charge in [0, 0.05) is 0 Å². The zero-order valence-corrected chi connectivity index (χ0v) is 17.9. The molecule has 0 bridgehead atoms. The Hall–Kier alpha value is -2.54.